The summed E-state index contributed by atoms with van der Waals surface area (Å²) in [6.07, 6.45) is 0. The summed E-state index contributed by atoms with van der Waals surface area (Å²) in [5.74, 6) is 0.179. The summed E-state index contributed by atoms with van der Waals surface area (Å²) in [5, 5.41) is 11.5. The van der Waals surface area contributed by atoms with Crippen LogP contribution in [0.15, 0.2) is 47.4 Å². The molecular weight excluding hydrogens is 282 g/mol. The first-order valence-electron chi connectivity index (χ1n) is 6.38. The molecule has 0 aromatic heterocycles. The van der Waals surface area contributed by atoms with E-state index in [1.165, 1.54) is 11.8 Å². The number of nitriles is 1. The lowest BCUT2D eigenvalue weighted by molar-refractivity contribution is -0.113. The third-order valence-electron chi connectivity index (χ3n) is 2.94. The van der Waals surface area contributed by atoms with Gasteiger partial charge in [-0.3, -0.25) is 4.79 Å². The highest BCUT2D eigenvalue weighted by atomic mass is 32.2. The van der Waals surface area contributed by atoms with E-state index in [4.69, 9.17) is 11.0 Å². The number of hydrogen-bond acceptors (Lipinski definition) is 4. The minimum atomic E-state index is -0.106. The maximum atomic E-state index is 11.9. The summed E-state index contributed by atoms with van der Waals surface area (Å²) in [5.41, 5.74) is 8.94. The zero-order valence-electron chi connectivity index (χ0n) is 11.6. The Balaban J connectivity index is 1.93. The van der Waals surface area contributed by atoms with Crippen LogP contribution < -0.4 is 11.1 Å². The Bertz CT molecular complexity index is 690. The van der Waals surface area contributed by atoms with Gasteiger partial charge in [0.1, 0.15) is 0 Å². The van der Waals surface area contributed by atoms with Crippen molar-refractivity contribution in [1.29, 1.82) is 5.26 Å². The Morgan fingerprint density at radius 2 is 2.00 bits per heavy atom. The molecule has 0 spiro atoms. The quantitative estimate of drug-likeness (QED) is 0.671. The van der Waals surface area contributed by atoms with Crippen LogP contribution >= 0.6 is 11.8 Å². The first-order valence-corrected chi connectivity index (χ1v) is 7.36. The average Bonchev–Trinajstić information content (AvgIpc) is 2.49. The van der Waals surface area contributed by atoms with Crippen molar-refractivity contribution < 1.29 is 4.79 Å². The lowest BCUT2D eigenvalue weighted by atomic mass is 10.2. The number of carbonyl (C=O) groups is 1. The number of nitrogen functional groups attached to an aromatic ring is 1. The van der Waals surface area contributed by atoms with Gasteiger partial charge >= 0.3 is 0 Å². The van der Waals surface area contributed by atoms with Crippen LogP contribution in [-0.2, 0) is 4.79 Å². The monoisotopic (exact) mass is 297 g/mol. The van der Waals surface area contributed by atoms with Gasteiger partial charge in [-0.05, 0) is 42.8 Å². The number of thioether (sulfide) groups is 1. The van der Waals surface area contributed by atoms with Gasteiger partial charge in [0, 0.05) is 16.3 Å². The molecule has 0 aliphatic heterocycles. The van der Waals surface area contributed by atoms with E-state index in [1.54, 1.807) is 24.3 Å². The Hall–Kier alpha value is -2.45. The number of nitrogens with two attached hydrogens (primary N) is 1. The molecule has 21 heavy (non-hydrogen) atoms. The molecule has 3 N–H and O–H groups in total. The Morgan fingerprint density at radius 3 is 2.67 bits per heavy atom. The van der Waals surface area contributed by atoms with Crippen LogP contribution in [0.4, 0.5) is 11.4 Å². The summed E-state index contributed by atoms with van der Waals surface area (Å²) in [4.78, 5) is 12.8. The van der Waals surface area contributed by atoms with Gasteiger partial charge in [-0.1, -0.05) is 12.1 Å². The number of hydrogen-bond donors (Lipinski definition) is 2. The molecule has 5 heteroatoms. The van der Waals surface area contributed by atoms with Crippen LogP contribution in [-0.4, -0.2) is 11.7 Å². The molecule has 106 valence electrons. The van der Waals surface area contributed by atoms with E-state index in [0.717, 1.165) is 10.5 Å². The number of aryl methyl sites for hydroxylation is 1. The van der Waals surface area contributed by atoms with E-state index in [2.05, 4.69) is 5.32 Å². The van der Waals surface area contributed by atoms with Crippen molar-refractivity contribution in [3.8, 4) is 6.07 Å². The third kappa shape index (κ3) is 4.01. The predicted octanol–water partition coefficient (Wildman–Crippen LogP) is 3.18. The SMILES string of the molecule is Cc1cccc(SCC(=O)Nc2ccc(C#N)cc2)c1N. The van der Waals surface area contributed by atoms with Crippen molar-refractivity contribution in [2.45, 2.75) is 11.8 Å². The Morgan fingerprint density at radius 1 is 1.29 bits per heavy atom. The largest absolute Gasteiger partial charge is 0.398 e. The van der Waals surface area contributed by atoms with E-state index in [9.17, 15) is 4.79 Å². The van der Waals surface area contributed by atoms with Crippen molar-refractivity contribution in [2.75, 3.05) is 16.8 Å². The highest BCUT2D eigenvalue weighted by Crippen LogP contribution is 2.27. The molecule has 0 heterocycles. The summed E-state index contributed by atoms with van der Waals surface area (Å²) < 4.78 is 0. The lowest BCUT2D eigenvalue weighted by Gasteiger charge is -2.08. The van der Waals surface area contributed by atoms with Gasteiger partial charge in [-0.25, -0.2) is 0 Å². The summed E-state index contributed by atoms with van der Waals surface area (Å²) in [6.45, 7) is 1.94. The van der Waals surface area contributed by atoms with Crippen molar-refractivity contribution in [2.24, 2.45) is 0 Å². The van der Waals surface area contributed by atoms with Gasteiger partial charge in [-0.15, -0.1) is 11.8 Å². The fourth-order valence-corrected chi connectivity index (χ4v) is 2.60. The number of carbonyl (C=O) groups excluding carboxylic acids is 1. The van der Waals surface area contributed by atoms with Gasteiger partial charge in [0.2, 0.25) is 5.91 Å². The summed E-state index contributed by atoms with van der Waals surface area (Å²) >= 11 is 1.41. The highest BCUT2D eigenvalue weighted by Gasteiger charge is 2.07. The number of amides is 1. The maximum Gasteiger partial charge on any atom is 0.234 e. The molecule has 0 atom stereocenters. The van der Waals surface area contributed by atoms with E-state index in [1.807, 2.05) is 31.2 Å². The van der Waals surface area contributed by atoms with Crippen molar-refractivity contribution in [1.82, 2.24) is 0 Å². The molecule has 0 fully saturated rings. The van der Waals surface area contributed by atoms with Crippen LogP contribution in [0, 0.1) is 18.3 Å². The molecule has 0 aliphatic rings. The van der Waals surface area contributed by atoms with Gasteiger partial charge in [0.15, 0.2) is 0 Å². The number of nitrogens with zero attached hydrogens (tertiary/aromatic N) is 1. The molecular formula is C16H15N3OS. The van der Waals surface area contributed by atoms with E-state index >= 15 is 0 Å². The van der Waals surface area contributed by atoms with Crippen molar-refractivity contribution >= 4 is 29.0 Å². The van der Waals surface area contributed by atoms with Crippen molar-refractivity contribution in [3.63, 3.8) is 0 Å². The summed E-state index contributed by atoms with van der Waals surface area (Å²) in [6, 6.07) is 14.6. The number of rotatable bonds is 4. The fourth-order valence-electron chi connectivity index (χ4n) is 1.75. The molecule has 2 rings (SSSR count). The average molecular weight is 297 g/mol. The minimum absolute atomic E-state index is 0.106. The van der Waals surface area contributed by atoms with Crippen LogP contribution in [0.25, 0.3) is 0 Å². The zero-order valence-corrected chi connectivity index (χ0v) is 12.4. The van der Waals surface area contributed by atoms with Crippen molar-refractivity contribution in [3.05, 3.63) is 53.6 Å². The second-order valence-electron chi connectivity index (χ2n) is 4.51. The number of anilines is 2. The van der Waals surface area contributed by atoms with Crippen LogP contribution in [0.2, 0.25) is 0 Å². The molecule has 0 saturated carbocycles. The van der Waals surface area contributed by atoms with E-state index in [0.29, 0.717) is 16.9 Å². The number of benzene rings is 2. The van der Waals surface area contributed by atoms with Crippen LogP contribution in [0.1, 0.15) is 11.1 Å². The first-order chi connectivity index (χ1) is 10.1. The molecule has 1 amide bonds. The van der Waals surface area contributed by atoms with E-state index in [-0.39, 0.29) is 11.7 Å². The Kier molecular flexibility index (Phi) is 4.85. The minimum Gasteiger partial charge on any atom is -0.398 e. The highest BCUT2D eigenvalue weighted by molar-refractivity contribution is 8.00. The Labute approximate surface area is 128 Å². The first kappa shape index (κ1) is 14.9. The molecule has 2 aromatic rings. The summed E-state index contributed by atoms with van der Waals surface area (Å²) in [7, 11) is 0. The van der Waals surface area contributed by atoms with Crippen LogP contribution in [0.3, 0.4) is 0 Å². The van der Waals surface area contributed by atoms with Crippen LogP contribution in [0.5, 0.6) is 0 Å². The second kappa shape index (κ2) is 6.82. The predicted molar refractivity (Wildman–Crippen MR) is 86.1 cm³/mol. The molecule has 4 nitrogen and oxygen atoms in total. The maximum absolute atomic E-state index is 11.9. The topological polar surface area (TPSA) is 78.9 Å². The van der Waals surface area contributed by atoms with Gasteiger partial charge in [0.05, 0.1) is 17.4 Å². The molecule has 2 aromatic carbocycles. The van der Waals surface area contributed by atoms with E-state index < -0.39 is 0 Å². The number of nitrogens with one attached hydrogen (secondary N) is 1. The molecule has 0 radical (unpaired) electrons. The second-order valence-corrected chi connectivity index (χ2v) is 5.53. The zero-order chi connectivity index (χ0) is 15.2. The molecule has 0 saturated heterocycles. The molecule has 0 unspecified atom stereocenters. The van der Waals surface area contributed by atoms with Gasteiger partial charge in [0.25, 0.3) is 0 Å². The molecule has 0 bridgehead atoms. The normalized spacial score (nSPS) is 9.90. The third-order valence-corrected chi connectivity index (χ3v) is 4.01. The standard InChI is InChI=1S/C16H15N3OS/c1-11-3-2-4-14(16(11)18)21-10-15(20)19-13-7-5-12(9-17)6-8-13/h2-8H,10,18H2,1H3,(H,19,20). The lowest BCUT2D eigenvalue weighted by Crippen LogP contribution is -2.14. The fraction of sp³-hybridized carbons (Fsp3) is 0.125. The molecule has 0 aliphatic carbocycles. The number of para-hydroxylation sites is 1. The van der Waals surface area contributed by atoms with Gasteiger partial charge in [-0.2, -0.15) is 5.26 Å². The smallest absolute Gasteiger partial charge is 0.234 e. The van der Waals surface area contributed by atoms with Gasteiger partial charge < -0.3 is 11.1 Å².